The molecule has 0 saturated heterocycles. The van der Waals surface area contributed by atoms with Gasteiger partial charge in [-0.1, -0.05) is 31.2 Å². The Labute approximate surface area is 106 Å². The first kappa shape index (κ1) is 12.5. The number of carbonyl (C=O) groups is 1. The number of amides is 1. The highest BCUT2D eigenvalue weighted by Gasteiger charge is 2.11. The van der Waals surface area contributed by atoms with Crippen LogP contribution in [0.15, 0.2) is 30.3 Å². The molecule has 0 spiro atoms. The molecule has 18 heavy (non-hydrogen) atoms. The van der Waals surface area contributed by atoms with Crippen LogP contribution in [-0.2, 0) is 0 Å². The third-order valence-corrected chi connectivity index (χ3v) is 3.10. The van der Waals surface area contributed by atoms with Crippen molar-refractivity contribution in [2.45, 2.75) is 12.8 Å². The fraction of sp³-hybridized carbons (Fsp3) is 0.286. The van der Waals surface area contributed by atoms with Gasteiger partial charge in [0.2, 0.25) is 0 Å². The summed E-state index contributed by atoms with van der Waals surface area (Å²) in [5, 5.41) is 3.61. The van der Waals surface area contributed by atoms with Crippen LogP contribution in [0.1, 0.15) is 28.9 Å². The van der Waals surface area contributed by atoms with Crippen LogP contribution in [-0.4, -0.2) is 24.5 Å². The Kier molecular flexibility index (Phi) is 3.58. The number of pyridine rings is 1. The first-order valence-electron chi connectivity index (χ1n) is 5.99. The molecule has 1 atom stereocenters. The van der Waals surface area contributed by atoms with Crippen LogP contribution in [0.4, 0.5) is 0 Å². The lowest BCUT2D eigenvalue weighted by atomic mass is 9.98. The number of benzene rings is 1. The standard InChI is InChI=1S/C14H17N3O/c1-9(8-15)11-5-3-4-10-6-7-12(14(18)16-2)17-13(10)11/h3-7,9H,8,15H2,1-2H3,(H,16,18)/t9-/m1/s1. The van der Waals surface area contributed by atoms with Crippen LogP contribution >= 0.6 is 0 Å². The van der Waals surface area contributed by atoms with Gasteiger partial charge in [-0.3, -0.25) is 4.79 Å². The molecule has 1 aromatic carbocycles. The highest BCUT2D eigenvalue weighted by molar-refractivity contribution is 5.95. The number of nitrogens with one attached hydrogen (secondary N) is 1. The van der Waals surface area contributed by atoms with Crippen molar-refractivity contribution in [1.29, 1.82) is 0 Å². The fourth-order valence-corrected chi connectivity index (χ4v) is 1.95. The molecule has 2 aromatic rings. The molecule has 0 unspecified atom stereocenters. The molecule has 1 heterocycles. The summed E-state index contributed by atoms with van der Waals surface area (Å²) in [5.74, 6) is 0.0493. The van der Waals surface area contributed by atoms with Gasteiger partial charge in [-0.05, 0) is 24.1 Å². The topological polar surface area (TPSA) is 68.0 Å². The van der Waals surface area contributed by atoms with Crippen molar-refractivity contribution in [2.75, 3.05) is 13.6 Å². The molecule has 94 valence electrons. The molecule has 0 aliphatic rings. The lowest BCUT2D eigenvalue weighted by molar-refractivity contribution is 0.0958. The van der Waals surface area contributed by atoms with E-state index in [1.165, 1.54) is 0 Å². The largest absolute Gasteiger partial charge is 0.354 e. The van der Waals surface area contributed by atoms with Crippen molar-refractivity contribution < 1.29 is 4.79 Å². The number of carbonyl (C=O) groups excluding carboxylic acids is 1. The number of hydrogen-bond donors (Lipinski definition) is 2. The van der Waals surface area contributed by atoms with Gasteiger partial charge in [-0.2, -0.15) is 0 Å². The minimum atomic E-state index is -0.174. The first-order chi connectivity index (χ1) is 8.67. The lowest BCUT2D eigenvalue weighted by Crippen LogP contribution is -2.19. The Balaban J connectivity index is 2.62. The van der Waals surface area contributed by atoms with Crippen LogP contribution in [0.5, 0.6) is 0 Å². The van der Waals surface area contributed by atoms with Crippen LogP contribution in [0.25, 0.3) is 10.9 Å². The van der Waals surface area contributed by atoms with Crippen molar-refractivity contribution in [3.8, 4) is 0 Å². The number of aromatic nitrogens is 1. The van der Waals surface area contributed by atoms with Gasteiger partial charge in [0.25, 0.3) is 5.91 Å². The van der Waals surface area contributed by atoms with E-state index in [1.54, 1.807) is 13.1 Å². The van der Waals surface area contributed by atoms with Crippen molar-refractivity contribution in [1.82, 2.24) is 10.3 Å². The molecule has 0 saturated carbocycles. The van der Waals surface area contributed by atoms with E-state index in [0.29, 0.717) is 12.2 Å². The van der Waals surface area contributed by atoms with Crippen LogP contribution in [0.2, 0.25) is 0 Å². The van der Waals surface area contributed by atoms with E-state index in [-0.39, 0.29) is 11.8 Å². The summed E-state index contributed by atoms with van der Waals surface area (Å²) in [7, 11) is 1.60. The predicted molar refractivity (Wildman–Crippen MR) is 72.6 cm³/mol. The normalized spacial score (nSPS) is 12.4. The second-order valence-corrected chi connectivity index (χ2v) is 4.33. The average molecular weight is 243 g/mol. The summed E-state index contributed by atoms with van der Waals surface area (Å²) in [5.41, 5.74) is 8.09. The molecule has 0 aliphatic heterocycles. The molecular formula is C14H17N3O. The number of nitrogens with zero attached hydrogens (tertiary/aromatic N) is 1. The van der Waals surface area contributed by atoms with Gasteiger partial charge >= 0.3 is 0 Å². The zero-order valence-corrected chi connectivity index (χ0v) is 10.6. The predicted octanol–water partition coefficient (Wildman–Crippen LogP) is 1.66. The van der Waals surface area contributed by atoms with E-state index in [4.69, 9.17) is 5.73 Å². The Bertz CT molecular complexity index is 580. The maximum atomic E-state index is 11.6. The zero-order chi connectivity index (χ0) is 13.1. The zero-order valence-electron chi connectivity index (χ0n) is 10.6. The maximum Gasteiger partial charge on any atom is 0.269 e. The van der Waals surface area contributed by atoms with Crippen molar-refractivity contribution in [3.05, 3.63) is 41.6 Å². The Morgan fingerprint density at radius 1 is 1.39 bits per heavy atom. The molecule has 4 heteroatoms. The minimum absolute atomic E-state index is 0.174. The van der Waals surface area contributed by atoms with Crippen molar-refractivity contribution >= 4 is 16.8 Å². The second-order valence-electron chi connectivity index (χ2n) is 4.33. The average Bonchev–Trinajstić information content (AvgIpc) is 2.44. The quantitative estimate of drug-likeness (QED) is 0.861. The number of nitrogens with two attached hydrogens (primary N) is 1. The molecule has 0 radical (unpaired) electrons. The fourth-order valence-electron chi connectivity index (χ4n) is 1.95. The number of rotatable bonds is 3. The van der Waals surface area contributed by atoms with E-state index in [0.717, 1.165) is 16.5 Å². The molecule has 4 nitrogen and oxygen atoms in total. The number of fused-ring (bicyclic) bond motifs is 1. The highest BCUT2D eigenvalue weighted by Crippen LogP contribution is 2.23. The SMILES string of the molecule is CNC(=O)c1ccc2cccc([C@H](C)CN)c2n1. The Morgan fingerprint density at radius 3 is 2.83 bits per heavy atom. The molecule has 2 rings (SSSR count). The van der Waals surface area contributed by atoms with Gasteiger partial charge in [0.15, 0.2) is 0 Å². The summed E-state index contributed by atoms with van der Waals surface area (Å²) in [6, 6.07) is 9.64. The van der Waals surface area contributed by atoms with Gasteiger partial charge in [0, 0.05) is 12.4 Å². The van der Waals surface area contributed by atoms with Gasteiger partial charge in [0.05, 0.1) is 5.52 Å². The molecule has 0 bridgehead atoms. The molecule has 0 aliphatic carbocycles. The van der Waals surface area contributed by atoms with E-state index >= 15 is 0 Å². The van der Waals surface area contributed by atoms with E-state index < -0.39 is 0 Å². The second kappa shape index (κ2) is 5.14. The van der Waals surface area contributed by atoms with Crippen molar-refractivity contribution in [3.63, 3.8) is 0 Å². The summed E-state index contributed by atoms with van der Waals surface area (Å²) in [6.45, 7) is 2.62. The van der Waals surface area contributed by atoms with E-state index in [1.807, 2.05) is 24.3 Å². The summed E-state index contributed by atoms with van der Waals surface area (Å²) in [6.07, 6.45) is 0. The summed E-state index contributed by atoms with van der Waals surface area (Å²) >= 11 is 0. The van der Waals surface area contributed by atoms with E-state index in [2.05, 4.69) is 17.2 Å². The van der Waals surface area contributed by atoms with Crippen LogP contribution in [0, 0.1) is 0 Å². The third kappa shape index (κ3) is 2.19. The van der Waals surface area contributed by atoms with Crippen LogP contribution < -0.4 is 11.1 Å². The third-order valence-electron chi connectivity index (χ3n) is 3.10. The molecule has 0 fully saturated rings. The molecular weight excluding hydrogens is 226 g/mol. The summed E-state index contributed by atoms with van der Waals surface area (Å²) < 4.78 is 0. The minimum Gasteiger partial charge on any atom is -0.354 e. The Hall–Kier alpha value is -1.94. The molecule has 3 N–H and O–H groups in total. The first-order valence-corrected chi connectivity index (χ1v) is 5.99. The summed E-state index contributed by atoms with van der Waals surface area (Å²) in [4.78, 5) is 16.1. The van der Waals surface area contributed by atoms with E-state index in [9.17, 15) is 4.79 Å². The maximum absolute atomic E-state index is 11.6. The van der Waals surface area contributed by atoms with Crippen LogP contribution in [0.3, 0.4) is 0 Å². The lowest BCUT2D eigenvalue weighted by Gasteiger charge is -2.12. The smallest absolute Gasteiger partial charge is 0.269 e. The monoisotopic (exact) mass is 243 g/mol. The highest BCUT2D eigenvalue weighted by atomic mass is 16.1. The van der Waals surface area contributed by atoms with Crippen molar-refractivity contribution in [2.24, 2.45) is 5.73 Å². The van der Waals surface area contributed by atoms with Gasteiger partial charge < -0.3 is 11.1 Å². The van der Waals surface area contributed by atoms with Gasteiger partial charge in [0.1, 0.15) is 5.69 Å². The number of hydrogen-bond acceptors (Lipinski definition) is 3. The van der Waals surface area contributed by atoms with Gasteiger partial charge in [-0.15, -0.1) is 0 Å². The Morgan fingerprint density at radius 2 is 2.17 bits per heavy atom. The molecule has 1 aromatic heterocycles. The number of para-hydroxylation sites is 1. The molecule has 1 amide bonds. The van der Waals surface area contributed by atoms with Gasteiger partial charge in [-0.25, -0.2) is 4.98 Å².